The molecule has 0 radical (unpaired) electrons. The van der Waals surface area contributed by atoms with Gasteiger partial charge in [-0.3, -0.25) is 9.59 Å². The summed E-state index contributed by atoms with van der Waals surface area (Å²) in [5.41, 5.74) is 0.519. The molecule has 1 saturated heterocycles. The van der Waals surface area contributed by atoms with Crippen molar-refractivity contribution in [1.29, 1.82) is 0 Å². The molecule has 1 aliphatic rings. The standard InChI is InChI=1S/C23H23Cl2NO7/c1-30-10-9-26-18(12-5-7-13(31-2)8-6-12)16(20(28)23(26)29)19(27)14-11-15(24)22(33-4)17(25)21(14)32-3/h5-8,11,18,27H,9-10H2,1-4H3/b19-16+. The molecule has 0 aromatic heterocycles. The Bertz CT molecular complexity index is 1100. The minimum Gasteiger partial charge on any atom is -0.507 e. The number of halogens is 2. The number of aliphatic hydroxyl groups excluding tert-OH is 1. The number of ether oxygens (including phenoxy) is 4. The molecule has 1 heterocycles. The summed E-state index contributed by atoms with van der Waals surface area (Å²) in [5, 5.41) is 11.4. The Morgan fingerprint density at radius 1 is 1.00 bits per heavy atom. The molecule has 1 amide bonds. The molecule has 8 nitrogen and oxygen atoms in total. The van der Waals surface area contributed by atoms with E-state index in [4.69, 9.17) is 42.1 Å². The molecule has 3 rings (SSSR count). The number of methoxy groups -OCH3 is 4. The number of hydrogen-bond acceptors (Lipinski definition) is 7. The maximum absolute atomic E-state index is 13.1. The van der Waals surface area contributed by atoms with Crippen molar-refractivity contribution < 1.29 is 33.6 Å². The highest BCUT2D eigenvalue weighted by Crippen LogP contribution is 2.47. The number of Topliss-reactive ketones (excluding diaryl/α,β-unsaturated/α-hetero) is 1. The van der Waals surface area contributed by atoms with Crippen LogP contribution >= 0.6 is 23.2 Å². The van der Waals surface area contributed by atoms with Gasteiger partial charge in [0.25, 0.3) is 11.7 Å². The van der Waals surface area contributed by atoms with Gasteiger partial charge in [-0.05, 0) is 23.8 Å². The predicted octanol–water partition coefficient (Wildman–Crippen LogP) is 4.09. The molecule has 0 spiro atoms. The molecule has 33 heavy (non-hydrogen) atoms. The summed E-state index contributed by atoms with van der Waals surface area (Å²) >= 11 is 12.6. The Hall–Kier alpha value is -2.94. The van der Waals surface area contributed by atoms with Gasteiger partial charge in [-0.1, -0.05) is 35.3 Å². The molecular weight excluding hydrogens is 473 g/mol. The fourth-order valence-electron chi connectivity index (χ4n) is 3.72. The lowest BCUT2D eigenvalue weighted by Gasteiger charge is -2.25. The highest BCUT2D eigenvalue weighted by atomic mass is 35.5. The number of amides is 1. The van der Waals surface area contributed by atoms with Gasteiger partial charge in [0.2, 0.25) is 0 Å². The van der Waals surface area contributed by atoms with Crippen molar-refractivity contribution in [3.63, 3.8) is 0 Å². The van der Waals surface area contributed by atoms with Crippen molar-refractivity contribution in [3.05, 3.63) is 57.1 Å². The zero-order valence-corrected chi connectivity index (χ0v) is 20.0. The van der Waals surface area contributed by atoms with Crippen molar-refractivity contribution in [2.75, 3.05) is 41.6 Å². The number of hydrogen-bond donors (Lipinski definition) is 1. The number of rotatable bonds is 8. The zero-order valence-electron chi connectivity index (χ0n) is 18.5. The number of carbonyl (C=O) groups is 2. The summed E-state index contributed by atoms with van der Waals surface area (Å²) in [5.74, 6) is -1.29. The first kappa shape index (κ1) is 24.7. The van der Waals surface area contributed by atoms with Gasteiger partial charge in [-0.25, -0.2) is 0 Å². The highest BCUT2D eigenvalue weighted by molar-refractivity contribution is 6.47. The minimum absolute atomic E-state index is 0.0173. The molecule has 1 atom stereocenters. The Morgan fingerprint density at radius 2 is 1.64 bits per heavy atom. The summed E-state index contributed by atoms with van der Waals surface area (Å²) in [6.45, 7) is 0.332. The quantitative estimate of drug-likeness (QED) is 0.334. The van der Waals surface area contributed by atoms with Crippen LogP contribution in [0.4, 0.5) is 0 Å². The second-order valence-corrected chi connectivity index (χ2v) is 7.83. The van der Waals surface area contributed by atoms with E-state index in [1.807, 2.05) is 0 Å². The van der Waals surface area contributed by atoms with Gasteiger partial charge in [-0.15, -0.1) is 0 Å². The van der Waals surface area contributed by atoms with Crippen LogP contribution in [0.15, 0.2) is 35.9 Å². The average Bonchev–Trinajstić information content (AvgIpc) is 3.07. The molecule has 0 aliphatic carbocycles. The van der Waals surface area contributed by atoms with Crippen molar-refractivity contribution in [2.24, 2.45) is 0 Å². The third-order valence-electron chi connectivity index (χ3n) is 5.30. The Balaban J connectivity index is 2.26. The Labute approximate surface area is 201 Å². The number of ketones is 1. The first-order valence-corrected chi connectivity index (χ1v) is 10.6. The van der Waals surface area contributed by atoms with Crippen molar-refractivity contribution in [2.45, 2.75) is 6.04 Å². The van der Waals surface area contributed by atoms with E-state index in [-0.39, 0.29) is 45.8 Å². The number of likely N-dealkylation sites (tertiary alicyclic amines) is 1. The van der Waals surface area contributed by atoms with E-state index in [0.29, 0.717) is 11.3 Å². The third-order valence-corrected chi connectivity index (χ3v) is 5.93. The second-order valence-electron chi connectivity index (χ2n) is 7.04. The summed E-state index contributed by atoms with van der Waals surface area (Å²) < 4.78 is 20.9. The number of carbonyl (C=O) groups excluding carboxylic acids is 2. The van der Waals surface area contributed by atoms with E-state index in [2.05, 4.69) is 0 Å². The fourth-order valence-corrected chi connectivity index (χ4v) is 4.41. The second kappa shape index (κ2) is 10.3. The summed E-state index contributed by atoms with van der Waals surface area (Å²) in [6.07, 6.45) is 0. The van der Waals surface area contributed by atoms with Gasteiger partial charge in [0, 0.05) is 13.7 Å². The molecule has 1 N–H and O–H groups in total. The average molecular weight is 496 g/mol. The Morgan fingerprint density at radius 3 is 2.18 bits per heavy atom. The lowest BCUT2D eigenvalue weighted by atomic mass is 9.95. The van der Waals surface area contributed by atoms with E-state index in [1.54, 1.807) is 24.3 Å². The van der Waals surface area contributed by atoms with Crippen LogP contribution in [0, 0.1) is 0 Å². The molecule has 0 bridgehead atoms. The molecule has 1 unspecified atom stereocenters. The first-order valence-electron chi connectivity index (χ1n) is 9.82. The van der Waals surface area contributed by atoms with E-state index in [0.717, 1.165) is 0 Å². The van der Waals surface area contributed by atoms with Crippen molar-refractivity contribution in [3.8, 4) is 17.2 Å². The molecule has 1 fully saturated rings. The van der Waals surface area contributed by atoms with Crippen LogP contribution in [0.1, 0.15) is 17.2 Å². The van der Waals surface area contributed by atoms with Crippen LogP contribution in [-0.2, 0) is 14.3 Å². The topological polar surface area (TPSA) is 94.5 Å². The van der Waals surface area contributed by atoms with Crippen molar-refractivity contribution in [1.82, 2.24) is 4.90 Å². The van der Waals surface area contributed by atoms with Crippen LogP contribution < -0.4 is 14.2 Å². The maximum Gasteiger partial charge on any atom is 0.295 e. The van der Waals surface area contributed by atoms with Crippen LogP contribution in [0.3, 0.4) is 0 Å². The molecule has 10 heteroatoms. The molecule has 2 aromatic rings. The fraction of sp³-hybridized carbons (Fsp3) is 0.304. The largest absolute Gasteiger partial charge is 0.507 e. The number of benzene rings is 2. The van der Waals surface area contributed by atoms with Gasteiger partial charge in [0.1, 0.15) is 16.5 Å². The van der Waals surface area contributed by atoms with Gasteiger partial charge in [0.05, 0.1) is 50.1 Å². The monoisotopic (exact) mass is 495 g/mol. The first-order chi connectivity index (χ1) is 15.8. The third kappa shape index (κ3) is 4.46. The summed E-state index contributed by atoms with van der Waals surface area (Å²) in [6, 6.07) is 7.33. The lowest BCUT2D eigenvalue weighted by molar-refractivity contribution is -0.140. The molecule has 176 valence electrons. The Kier molecular flexibility index (Phi) is 7.73. The highest BCUT2D eigenvalue weighted by Gasteiger charge is 2.46. The molecule has 1 aliphatic heterocycles. The SMILES string of the molecule is COCCN1C(=O)C(=O)/C(=C(/O)c2cc(Cl)c(OC)c(Cl)c2OC)C1c1ccc(OC)cc1. The smallest absolute Gasteiger partial charge is 0.295 e. The van der Waals surface area contributed by atoms with E-state index >= 15 is 0 Å². The van der Waals surface area contributed by atoms with Gasteiger partial charge >= 0.3 is 0 Å². The van der Waals surface area contributed by atoms with Crippen LogP contribution in [0.2, 0.25) is 10.0 Å². The van der Waals surface area contributed by atoms with Crippen molar-refractivity contribution >= 4 is 40.7 Å². The van der Waals surface area contributed by atoms with Gasteiger partial charge in [-0.2, -0.15) is 0 Å². The number of nitrogens with zero attached hydrogens (tertiary/aromatic N) is 1. The number of aliphatic hydroxyl groups is 1. The van der Waals surface area contributed by atoms with E-state index in [1.165, 1.54) is 39.4 Å². The molecule has 2 aromatic carbocycles. The zero-order chi connectivity index (χ0) is 24.3. The normalized spacial score (nSPS) is 17.4. The molecular formula is C23H23Cl2NO7. The van der Waals surface area contributed by atoms with Crippen LogP contribution in [-0.4, -0.2) is 63.3 Å². The minimum atomic E-state index is -0.879. The van der Waals surface area contributed by atoms with Crippen LogP contribution in [0.5, 0.6) is 17.2 Å². The van der Waals surface area contributed by atoms with E-state index in [9.17, 15) is 14.7 Å². The van der Waals surface area contributed by atoms with Gasteiger partial charge < -0.3 is 29.0 Å². The lowest BCUT2D eigenvalue weighted by Crippen LogP contribution is -2.32. The summed E-state index contributed by atoms with van der Waals surface area (Å²) in [4.78, 5) is 27.3. The van der Waals surface area contributed by atoms with E-state index < -0.39 is 23.5 Å². The molecule has 0 saturated carbocycles. The maximum atomic E-state index is 13.1. The van der Waals surface area contributed by atoms with Gasteiger partial charge in [0.15, 0.2) is 11.5 Å². The van der Waals surface area contributed by atoms with Crippen LogP contribution in [0.25, 0.3) is 5.76 Å². The summed E-state index contributed by atoms with van der Waals surface area (Å²) in [7, 11) is 5.76. The predicted molar refractivity (Wildman–Crippen MR) is 123 cm³/mol.